The molecule has 0 aromatic rings. The van der Waals surface area contributed by atoms with Gasteiger partial charge < -0.3 is 0 Å². The first-order chi connectivity index (χ1) is 9.30. The Bertz CT molecular complexity index is 646. The highest BCUT2D eigenvalue weighted by atomic mass is 16.2. The lowest BCUT2D eigenvalue weighted by molar-refractivity contribution is -0.133. The van der Waals surface area contributed by atoms with Crippen LogP contribution >= 0.6 is 0 Å². The van der Waals surface area contributed by atoms with E-state index >= 15 is 0 Å². The van der Waals surface area contributed by atoms with Crippen molar-refractivity contribution in [2.75, 3.05) is 7.05 Å². The molecule has 102 valence electrons. The normalized spacial score (nSPS) is 25.4. The van der Waals surface area contributed by atoms with Crippen molar-refractivity contribution in [3.63, 3.8) is 0 Å². The molecule has 0 saturated carbocycles. The molecule has 0 bridgehead atoms. The molecule has 0 aromatic carbocycles. The molecule has 2 aliphatic heterocycles. The largest absolute Gasteiger partial charge is 0.405 e. The van der Waals surface area contributed by atoms with E-state index in [0.29, 0.717) is 4.90 Å². The Balaban J connectivity index is 2.71. The SMILES string of the molecule is [C-]#[N+]N1C(=O)C2=NC(=O)N(C)C2(C)N(C(=O)C=C)C1=O. The van der Waals surface area contributed by atoms with Gasteiger partial charge >= 0.3 is 18.0 Å². The maximum absolute atomic E-state index is 12.1. The number of nitrogens with zero attached hydrogens (tertiary/aromatic N) is 5. The Morgan fingerprint density at radius 3 is 2.55 bits per heavy atom. The van der Waals surface area contributed by atoms with Crippen molar-refractivity contribution in [1.29, 1.82) is 0 Å². The number of urea groups is 2. The first-order valence-electron chi connectivity index (χ1n) is 5.40. The van der Waals surface area contributed by atoms with Crippen LogP contribution in [0.5, 0.6) is 0 Å². The van der Waals surface area contributed by atoms with Crippen molar-refractivity contribution in [3.8, 4) is 0 Å². The molecular formula is C11H9N5O4. The van der Waals surface area contributed by atoms with Gasteiger partial charge in [0.15, 0.2) is 11.4 Å². The molecule has 0 spiro atoms. The number of fused-ring (bicyclic) bond motifs is 1. The lowest BCUT2D eigenvalue weighted by Crippen LogP contribution is -2.71. The van der Waals surface area contributed by atoms with Crippen molar-refractivity contribution in [2.24, 2.45) is 4.99 Å². The zero-order chi connectivity index (χ0) is 15.2. The molecule has 0 N–H and O–H groups in total. The molecule has 9 nitrogen and oxygen atoms in total. The van der Waals surface area contributed by atoms with Crippen molar-refractivity contribution in [3.05, 3.63) is 24.2 Å². The van der Waals surface area contributed by atoms with Crippen LogP contribution < -0.4 is 0 Å². The van der Waals surface area contributed by atoms with Gasteiger partial charge in [0.05, 0.1) is 5.01 Å². The molecule has 1 unspecified atom stereocenters. The Morgan fingerprint density at radius 1 is 1.45 bits per heavy atom. The van der Waals surface area contributed by atoms with Crippen LogP contribution in [0.25, 0.3) is 4.95 Å². The first-order valence-corrected chi connectivity index (χ1v) is 5.40. The van der Waals surface area contributed by atoms with E-state index in [1.165, 1.54) is 14.0 Å². The second kappa shape index (κ2) is 3.99. The molecular weight excluding hydrogens is 266 g/mol. The van der Waals surface area contributed by atoms with Gasteiger partial charge in [0, 0.05) is 7.05 Å². The molecule has 1 atom stereocenters. The molecule has 2 heterocycles. The van der Waals surface area contributed by atoms with Gasteiger partial charge in [-0.25, -0.2) is 14.5 Å². The fraction of sp³-hybridized carbons (Fsp3) is 0.273. The van der Waals surface area contributed by atoms with Crippen LogP contribution in [0.3, 0.4) is 0 Å². The molecule has 0 aliphatic carbocycles. The number of aliphatic imine (C=N–C) groups is 1. The van der Waals surface area contributed by atoms with Crippen LogP contribution in [0.2, 0.25) is 0 Å². The van der Waals surface area contributed by atoms with E-state index in [2.05, 4.69) is 16.5 Å². The van der Waals surface area contributed by atoms with E-state index < -0.39 is 29.5 Å². The molecule has 0 radical (unpaired) electrons. The number of carbonyl (C=O) groups is 4. The van der Waals surface area contributed by atoms with E-state index in [1.807, 2.05) is 0 Å². The quantitative estimate of drug-likeness (QED) is 0.498. The fourth-order valence-electron chi connectivity index (χ4n) is 2.08. The summed E-state index contributed by atoms with van der Waals surface area (Å²) in [5.41, 5.74) is -2.01. The maximum Gasteiger partial charge on any atom is 0.405 e. The van der Waals surface area contributed by atoms with Gasteiger partial charge in [-0.1, -0.05) is 6.58 Å². The molecule has 0 aromatic heterocycles. The fourth-order valence-corrected chi connectivity index (χ4v) is 2.08. The van der Waals surface area contributed by atoms with E-state index in [4.69, 9.17) is 6.57 Å². The highest BCUT2D eigenvalue weighted by Gasteiger charge is 2.63. The molecule has 9 heteroatoms. The maximum atomic E-state index is 12.1. The highest BCUT2D eigenvalue weighted by molar-refractivity contribution is 6.49. The third-order valence-electron chi connectivity index (χ3n) is 3.29. The van der Waals surface area contributed by atoms with Gasteiger partial charge in [-0.2, -0.15) is 11.6 Å². The van der Waals surface area contributed by atoms with Crippen LogP contribution in [-0.4, -0.2) is 57.1 Å². The number of amides is 6. The van der Waals surface area contributed by atoms with Crippen LogP contribution in [0, 0.1) is 6.57 Å². The minimum absolute atomic E-state index is 0.161. The highest BCUT2D eigenvalue weighted by Crippen LogP contribution is 2.33. The van der Waals surface area contributed by atoms with E-state index in [-0.39, 0.29) is 10.7 Å². The Labute approximate surface area is 113 Å². The average Bonchev–Trinajstić information content (AvgIpc) is 2.64. The molecule has 2 rings (SSSR count). The van der Waals surface area contributed by atoms with Gasteiger partial charge in [-0.15, -0.1) is 4.95 Å². The van der Waals surface area contributed by atoms with Gasteiger partial charge in [0.2, 0.25) is 0 Å². The lowest BCUT2D eigenvalue weighted by Gasteiger charge is -2.42. The van der Waals surface area contributed by atoms with Crippen molar-refractivity contribution in [2.45, 2.75) is 12.6 Å². The van der Waals surface area contributed by atoms with E-state index in [9.17, 15) is 19.2 Å². The van der Waals surface area contributed by atoms with Crippen LogP contribution in [-0.2, 0) is 9.59 Å². The summed E-state index contributed by atoms with van der Waals surface area (Å²) < 4.78 is 0. The van der Waals surface area contributed by atoms with Crippen molar-refractivity contribution >= 4 is 29.6 Å². The monoisotopic (exact) mass is 275 g/mol. The smallest absolute Gasteiger partial charge is 0.297 e. The number of carbonyl (C=O) groups excluding carboxylic acids is 4. The molecule has 1 fully saturated rings. The summed E-state index contributed by atoms with van der Waals surface area (Å²) in [6.45, 7) is 11.4. The summed E-state index contributed by atoms with van der Waals surface area (Å²) in [7, 11) is 1.30. The van der Waals surface area contributed by atoms with Gasteiger partial charge in [-0.05, 0) is 13.0 Å². The zero-order valence-electron chi connectivity index (χ0n) is 10.7. The van der Waals surface area contributed by atoms with Gasteiger partial charge in [0.25, 0.3) is 5.91 Å². The Kier molecular flexibility index (Phi) is 2.68. The summed E-state index contributed by atoms with van der Waals surface area (Å²) >= 11 is 0. The number of imide groups is 2. The molecule has 2 aliphatic rings. The Hall–Kier alpha value is -3.02. The van der Waals surface area contributed by atoms with Gasteiger partial charge in [0.1, 0.15) is 0 Å². The zero-order valence-corrected chi connectivity index (χ0v) is 10.7. The number of rotatable bonds is 1. The predicted octanol–water partition coefficient (Wildman–Crippen LogP) is 0.0201. The topological polar surface area (TPSA) is 94.7 Å². The van der Waals surface area contributed by atoms with E-state index in [1.54, 1.807) is 0 Å². The average molecular weight is 275 g/mol. The molecule has 1 saturated heterocycles. The first kappa shape index (κ1) is 13.4. The van der Waals surface area contributed by atoms with Crippen molar-refractivity contribution in [1.82, 2.24) is 14.8 Å². The minimum Gasteiger partial charge on any atom is -0.297 e. The lowest BCUT2D eigenvalue weighted by atomic mass is 10.00. The molecule has 6 amide bonds. The van der Waals surface area contributed by atoms with Crippen LogP contribution in [0.15, 0.2) is 17.6 Å². The van der Waals surface area contributed by atoms with Gasteiger partial charge in [-0.3, -0.25) is 14.5 Å². The van der Waals surface area contributed by atoms with Crippen molar-refractivity contribution < 1.29 is 19.2 Å². The number of hydrogen-bond acceptors (Lipinski definition) is 4. The minimum atomic E-state index is -1.66. The summed E-state index contributed by atoms with van der Waals surface area (Å²) in [5.74, 6) is -1.86. The third kappa shape index (κ3) is 1.33. The van der Waals surface area contributed by atoms with Crippen LogP contribution in [0.4, 0.5) is 9.59 Å². The second-order valence-corrected chi connectivity index (χ2v) is 4.20. The summed E-state index contributed by atoms with van der Waals surface area (Å²) in [6.07, 6.45) is 0.856. The van der Waals surface area contributed by atoms with E-state index in [0.717, 1.165) is 11.0 Å². The summed E-state index contributed by atoms with van der Waals surface area (Å²) in [4.78, 5) is 55.6. The summed E-state index contributed by atoms with van der Waals surface area (Å²) in [5, 5.41) is 0.161. The summed E-state index contributed by atoms with van der Waals surface area (Å²) in [6, 6.07) is -1.92. The predicted molar refractivity (Wildman–Crippen MR) is 64.9 cm³/mol. The Morgan fingerprint density at radius 2 is 2.05 bits per heavy atom. The standard InChI is InChI=1S/C11H9N5O4/c1-5-6(17)15-10(20)16(12-3)8(18)7-11(15,2)14(4)9(19)13-7/h5H,1H2,2,4H3. The molecule has 20 heavy (non-hydrogen) atoms. The van der Waals surface area contributed by atoms with Crippen LogP contribution in [0.1, 0.15) is 6.92 Å². The second-order valence-electron chi connectivity index (χ2n) is 4.20. The third-order valence-corrected chi connectivity index (χ3v) is 3.29. The number of hydrogen-bond donors (Lipinski definition) is 0.